The monoisotopic (exact) mass is 349 g/mol. The van der Waals surface area contributed by atoms with Gasteiger partial charge in [0.1, 0.15) is 0 Å². The zero-order valence-electron chi connectivity index (χ0n) is 13.6. The van der Waals surface area contributed by atoms with E-state index in [1.54, 1.807) is 39.0 Å². The van der Waals surface area contributed by atoms with E-state index in [9.17, 15) is 18.0 Å². The summed E-state index contributed by atoms with van der Waals surface area (Å²) in [4.78, 5) is 25.2. The van der Waals surface area contributed by atoms with Gasteiger partial charge in [0, 0.05) is 5.54 Å². The molecule has 0 radical (unpaired) electrons. The first-order valence-electron chi connectivity index (χ1n) is 7.22. The van der Waals surface area contributed by atoms with Gasteiger partial charge < -0.3 is 5.32 Å². The van der Waals surface area contributed by atoms with Crippen LogP contribution in [0.3, 0.4) is 0 Å². The lowest BCUT2D eigenvalue weighted by Gasteiger charge is -2.19. The van der Waals surface area contributed by atoms with E-state index in [-0.39, 0.29) is 4.90 Å². The molecule has 0 unspecified atom stereocenters. The van der Waals surface area contributed by atoms with Crippen molar-refractivity contribution in [1.82, 2.24) is 15.6 Å². The largest absolute Gasteiger partial charge is 0.343 e. The minimum Gasteiger partial charge on any atom is -0.343 e. The lowest BCUT2D eigenvalue weighted by Crippen LogP contribution is -2.52. The van der Waals surface area contributed by atoms with E-state index >= 15 is 0 Å². The van der Waals surface area contributed by atoms with Crippen LogP contribution in [0.15, 0.2) is 47.4 Å². The van der Waals surface area contributed by atoms with Crippen LogP contribution in [0.4, 0.5) is 0 Å². The molecule has 0 aliphatic carbocycles. The predicted octanol–water partition coefficient (Wildman–Crippen LogP) is 1.06. The van der Waals surface area contributed by atoms with Crippen molar-refractivity contribution < 1.29 is 18.0 Å². The maximum Gasteiger partial charge on any atom is 0.324 e. The molecule has 0 aromatic heterocycles. The van der Waals surface area contributed by atoms with Gasteiger partial charge in [-0.3, -0.25) is 15.0 Å². The molecule has 2 rings (SSSR count). The lowest BCUT2D eigenvalue weighted by molar-refractivity contribution is -0.140. The number of fused-ring (bicyclic) bond motifs is 1. The van der Waals surface area contributed by atoms with Crippen LogP contribution >= 0.6 is 0 Å². The van der Waals surface area contributed by atoms with Gasteiger partial charge in [0.15, 0.2) is 0 Å². The highest BCUT2D eigenvalue weighted by atomic mass is 32.2. The van der Waals surface area contributed by atoms with Gasteiger partial charge in [-0.05, 0) is 43.7 Å². The summed E-state index contributed by atoms with van der Waals surface area (Å²) < 4.78 is 24.5. The van der Waals surface area contributed by atoms with E-state index in [1.807, 2.05) is 22.4 Å². The summed E-state index contributed by atoms with van der Waals surface area (Å²) in [7, 11) is -3.99. The quantitative estimate of drug-likeness (QED) is 0.569. The normalized spacial score (nSPS) is 12.0. The van der Waals surface area contributed by atoms with Crippen molar-refractivity contribution in [3.63, 3.8) is 0 Å². The Morgan fingerprint density at radius 2 is 1.54 bits per heavy atom. The number of benzene rings is 2. The van der Waals surface area contributed by atoms with E-state index in [0.29, 0.717) is 0 Å². The minimum atomic E-state index is -3.99. The van der Waals surface area contributed by atoms with E-state index < -0.39 is 27.4 Å². The van der Waals surface area contributed by atoms with Crippen LogP contribution in [0.2, 0.25) is 0 Å². The molecule has 0 atom stereocenters. The zero-order chi connectivity index (χ0) is 18.0. The van der Waals surface area contributed by atoms with Crippen LogP contribution in [0.1, 0.15) is 20.8 Å². The fourth-order valence-electron chi connectivity index (χ4n) is 1.96. The Morgan fingerprint density at radius 1 is 0.917 bits per heavy atom. The number of carbonyl (C=O) groups excluding carboxylic acids is 2. The van der Waals surface area contributed by atoms with Gasteiger partial charge in [0.25, 0.3) is 10.0 Å². The fraction of sp³-hybridized carbons (Fsp3) is 0.250. The number of rotatable bonds is 3. The lowest BCUT2D eigenvalue weighted by atomic mass is 10.1. The van der Waals surface area contributed by atoms with Crippen molar-refractivity contribution in [2.45, 2.75) is 31.2 Å². The first-order valence-corrected chi connectivity index (χ1v) is 8.70. The first-order chi connectivity index (χ1) is 11.1. The molecular formula is C16H19N3O4S. The molecule has 7 nitrogen and oxygen atoms in total. The molecule has 0 heterocycles. The molecule has 0 spiro atoms. The fourth-order valence-corrected chi connectivity index (χ4v) is 2.84. The standard InChI is InChI=1S/C16H19N3O4S/c1-16(2,3)17-14(20)15(21)18-19-24(22,23)13-9-8-11-6-4-5-7-12(11)10-13/h4-10,19H,1-3H3,(H,17,20)(H,18,21). The molecule has 8 heteroatoms. The van der Waals surface area contributed by atoms with Gasteiger partial charge in [-0.1, -0.05) is 30.3 Å². The Bertz CT molecular complexity index is 886. The maximum absolute atomic E-state index is 12.2. The van der Waals surface area contributed by atoms with E-state index in [4.69, 9.17) is 0 Å². The molecule has 0 bridgehead atoms. The van der Waals surface area contributed by atoms with Crippen LogP contribution in [-0.2, 0) is 19.6 Å². The Labute approximate surface area is 140 Å². The van der Waals surface area contributed by atoms with E-state index in [2.05, 4.69) is 5.32 Å². The van der Waals surface area contributed by atoms with Crippen molar-refractivity contribution in [2.75, 3.05) is 0 Å². The summed E-state index contributed by atoms with van der Waals surface area (Å²) in [6.07, 6.45) is 0. The average Bonchev–Trinajstić information content (AvgIpc) is 2.50. The molecule has 2 aromatic rings. The van der Waals surface area contributed by atoms with E-state index in [0.717, 1.165) is 10.8 Å². The summed E-state index contributed by atoms with van der Waals surface area (Å²) in [5, 5.41) is 4.07. The Balaban J connectivity index is 2.10. The van der Waals surface area contributed by atoms with Crippen LogP contribution in [0, 0.1) is 0 Å². The second-order valence-corrected chi connectivity index (χ2v) is 7.96. The maximum atomic E-state index is 12.2. The molecular weight excluding hydrogens is 330 g/mol. The first kappa shape index (κ1) is 17.9. The van der Waals surface area contributed by atoms with E-state index in [1.165, 1.54) is 12.1 Å². The second kappa shape index (κ2) is 6.58. The second-order valence-electron chi connectivity index (χ2n) is 6.27. The highest BCUT2D eigenvalue weighted by Crippen LogP contribution is 2.18. The number of hydrogen-bond donors (Lipinski definition) is 3. The third-order valence-corrected chi connectivity index (χ3v) is 4.27. The molecule has 2 amide bonds. The summed E-state index contributed by atoms with van der Waals surface area (Å²) in [5.41, 5.74) is 1.30. The van der Waals surface area contributed by atoms with Crippen molar-refractivity contribution in [3.8, 4) is 0 Å². The van der Waals surface area contributed by atoms with Crippen molar-refractivity contribution >= 4 is 32.6 Å². The van der Waals surface area contributed by atoms with Gasteiger partial charge in [-0.15, -0.1) is 4.83 Å². The number of carbonyl (C=O) groups is 2. The molecule has 0 fully saturated rings. The molecule has 0 aliphatic rings. The Kier molecular flexibility index (Phi) is 4.91. The Morgan fingerprint density at radius 3 is 2.17 bits per heavy atom. The molecule has 3 N–H and O–H groups in total. The number of amides is 2. The summed E-state index contributed by atoms with van der Waals surface area (Å²) in [6.45, 7) is 5.12. The number of sulfonamides is 1. The highest BCUT2D eigenvalue weighted by molar-refractivity contribution is 7.89. The van der Waals surface area contributed by atoms with Crippen molar-refractivity contribution in [3.05, 3.63) is 42.5 Å². The van der Waals surface area contributed by atoms with Gasteiger partial charge in [-0.2, -0.15) is 0 Å². The topological polar surface area (TPSA) is 104 Å². The van der Waals surface area contributed by atoms with Crippen LogP contribution in [0.5, 0.6) is 0 Å². The molecule has 2 aromatic carbocycles. The van der Waals surface area contributed by atoms with Crippen molar-refractivity contribution in [1.29, 1.82) is 0 Å². The third-order valence-electron chi connectivity index (χ3n) is 3.02. The molecule has 0 saturated heterocycles. The summed E-state index contributed by atoms with van der Waals surface area (Å²) >= 11 is 0. The van der Waals surface area contributed by atoms with Crippen molar-refractivity contribution in [2.24, 2.45) is 0 Å². The molecule has 0 aliphatic heterocycles. The highest BCUT2D eigenvalue weighted by Gasteiger charge is 2.22. The molecule has 0 saturated carbocycles. The molecule has 24 heavy (non-hydrogen) atoms. The minimum absolute atomic E-state index is 0.0160. The van der Waals surface area contributed by atoms with Gasteiger partial charge >= 0.3 is 11.8 Å². The van der Waals surface area contributed by atoms with Crippen LogP contribution in [0.25, 0.3) is 10.8 Å². The van der Waals surface area contributed by atoms with Gasteiger partial charge in [-0.25, -0.2) is 8.42 Å². The summed E-state index contributed by atoms with van der Waals surface area (Å²) in [5.74, 6) is -2.02. The van der Waals surface area contributed by atoms with Gasteiger partial charge in [0.05, 0.1) is 4.90 Å². The third kappa shape index (κ3) is 4.53. The SMILES string of the molecule is CC(C)(C)NC(=O)C(=O)NNS(=O)(=O)c1ccc2ccccc2c1. The molecule has 128 valence electrons. The van der Waals surface area contributed by atoms with Crippen LogP contribution in [-0.4, -0.2) is 25.8 Å². The summed E-state index contributed by atoms with van der Waals surface area (Å²) in [6, 6.07) is 11.9. The van der Waals surface area contributed by atoms with Gasteiger partial charge in [0.2, 0.25) is 0 Å². The Hall–Kier alpha value is -2.45. The smallest absolute Gasteiger partial charge is 0.324 e. The zero-order valence-corrected chi connectivity index (χ0v) is 14.4. The number of nitrogens with one attached hydrogen (secondary N) is 3. The number of hydrazine groups is 1. The predicted molar refractivity (Wildman–Crippen MR) is 90.3 cm³/mol. The number of hydrogen-bond acceptors (Lipinski definition) is 4. The van der Waals surface area contributed by atoms with Crippen LogP contribution < -0.4 is 15.6 Å². The average molecular weight is 349 g/mol.